The summed E-state index contributed by atoms with van der Waals surface area (Å²) in [5.74, 6) is -0.328. The van der Waals surface area contributed by atoms with Crippen LogP contribution in [-0.4, -0.2) is 35.6 Å². The lowest BCUT2D eigenvalue weighted by molar-refractivity contribution is -0.142. The minimum absolute atomic E-state index is 0.175. The number of nitrogens with one attached hydrogen (secondary N) is 2. The maximum absolute atomic E-state index is 12.1. The molecule has 5 heteroatoms. The number of hydrogen-bond donors (Lipinski definition) is 3. The summed E-state index contributed by atoms with van der Waals surface area (Å²) in [5.41, 5.74) is 0. The summed E-state index contributed by atoms with van der Waals surface area (Å²) in [6, 6.07) is -1.02. The van der Waals surface area contributed by atoms with Crippen LogP contribution in [0, 0.1) is 11.8 Å². The van der Waals surface area contributed by atoms with Crippen molar-refractivity contribution in [2.75, 3.05) is 6.54 Å². The molecule has 1 saturated heterocycles. The molecular weight excluding hydrogens is 244 g/mol. The molecule has 0 saturated carbocycles. The van der Waals surface area contributed by atoms with E-state index in [1.165, 1.54) is 0 Å². The van der Waals surface area contributed by atoms with E-state index in [1.807, 2.05) is 13.8 Å². The molecule has 0 radical (unpaired) electrons. The zero-order valence-corrected chi connectivity index (χ0v) is 12.1. The van der Waals surface area contributed by atoms with E-state index >= 15 is 0 Å². The average molecular weight is 270 g/mol. The van der Waals surface area contributed by atoms with Gasteiger partial charge in [-0.2, -0.15) is 0 Å². The Morgan fingerprint density at radius 2 is 2.11 bits per heavy atom. The lowest BCUT2D eigenvalue weighted by Crippen LogP contribution is -2.53. The Hall–Kier alpha value is -1.10. The van der Waals surface area contributed by atoms with Gasteiger partial charge in [-0.3, -0.25) is 4.79 Å². The van der Waals surface area contributed by atoms with Gasteiger partial charge in [0.2, 0.25) is 5.91 Å². The fourth-order valence-electron chi connectivity index (χ4n) is 2.53. The van der Waals surface area contributed by atoms with Crippen molar-refractivity contribution >= 4 is 11.9 Å². The molecular formula is C14H26N2O3. The Morgan fingerprint density at radius 3 is 2.63 bits per heavy atom. The molecule has 19 heavy (non-hydrogen) atoms. The highest BCUT2D eigenvalue weighted by molar-refractivity contribution is 5.87. The van der Waals surface area contributed by atoms with E-state index < -0.39 is 12.0 Å². The average Bonchev–Trinajstić information content (AvgIpc) is 2.37. The quantitative estimate of drug-likeness (QED) is 0.681. The molecule has 0 spiro atoms. The van der Waals surface area contributed by atoms with Gasteiger partial charge >= 0.3 is 5.97 Å². The number of aliphatic carboxylic acids is 1. The van der Waals surface area contributed by atoms with Gasteiger partial charge in [0, 0.05) is 0 Å². The zero-order chi connectivity index (χ0) is 14.4. The molecule has 0 bridgehead atoms. The maximum atomic E-state index is 12.1. The third-order valence-electron chi connectivity index (χ3n) is 3.73. The van der Waals surface area contributed by atoms with Gasteiger partial charge in [-0.05, 0) is 37.6 Å². The van der Waals surface area contributed by atoms with E-state index in [0.717, 1.165) is 25.8 Å². The Balaban J connectivity index is 2.53. The smallest absolute Gasteiger partial charge is 0.326 e. The monoisotopic (exact) mass is 270 g/mol. The molecule has 1 aliphatic rings. The van der Waals surface area contributed by atoms with Crippen molar-refractivity contribution < 1.29 is 14.7 Å². The van der Waals surface area contributed by atoms with Crippen LogP contribution in [0.5, 0.6) is 0 Å². The third-order valence-corrected chi connectivity index (χ3v) is 3.73. The van der Waals surface area contributed by atoms with E-state index in [2.05, 4.69) is 17.6 Å². The molecule has 0 aromatic heterocycles. The summed E-state index contributed by atoms with van der Waals surface area (Å²) >= 11 is 0. The van der Waals surface area contributed by atoms with Gasteiger partial charge in [0.1, 0.15) is 6.04 Å². The number of carboxylic acid groups (broad SMARTS) is 1. The highest BCUT2D eigenvalue weighted by Crippen LogP contribution is 2.19. The van der Waals surface area contributed by atoms with E-state index in [-0.39, 0.29) is 17.9 Å². The number of carbonyl (C=O) groups excluding carboxylic acids is 1. The third kappa shape index (κ3) is 5.19. The first-order valence-corrected chi connectivity index (χ1v) is 7.20. The van der Waals surface area contributed by atoms with Crippen LogP contribution in [0.2, 0.25) is 0 Å². The number of rotatable bonds is 6. The molecule has 0 aromatic carbocycles. The van der Waals surface area contributed by atoms with Crippen molar-refractivity contribution in [3.8, 4) is 0 Å². The summed E-state index contributed by atoms with van der Waals surface area (Å²) in [4.78, 5) is 23.3. The molecule has 0 aliphatic carbocycles. The van der Waals surface area contributed by atoms with Crippen LogP contribution in [0.1, 0.15) is 46.5 Å². The van der Waals surface area contributed by atoms with Gasteiger partial charge in [-0.1, -0.05) is 27.2 Å². The zero-order valence-electron chi connectivity index (χ0n) is 12.1. The van der Waals surface area contributed by atoms with Crippen LogP contribution in [0.25, 0.3) is 0 Å². The first kappa shape index (κ1) is 16.0. The topological polar surface area (TPSA) is 78.4 Å². The summed E-state index contributed by atoms with van der Waals surface area (Å²) in [5, 5.41) is 15.0. The summed E-state index contributed by atoms with van der Waals surface area (Å²) in [6.07, 6.45) is 3.43. The van der Waals surface area contributed by atoms with Gasteiger partial charge < -0.3 is 15.7 Å². The predicted octanol–water partition coefficient (Wildman–Crippen LogP) is 1.38. The second kappa shape index (κ2) is 7.48. The summed E-state index contributed by atoms with van der Waals surface area (Å²) in [6.45, 7) is 6.87. The van der Waals surface area contributed by atoms with Crippen LogP contribution in [0.4, 0.5) is 0 Å². The lowest BCUT2D eigenvalue weighted by Gasteiger charge is -2.30. The minimum Gasteiger partial charge on any atom is -0.480 e. The Labute approximate surface area is 115 Å². The van der Waals surface area contributed by atoms with Crippen molar-refractivity contribution in [1.82, 2.24) is 10.6 Å². The first-order valence-electron chi connectivity index (χ1n) is 7.20. The Kier molecular flexibility index (Phi) is 6.28. The number of amides is 1. The second-order valence-electron chi connectivity index (χ2n) is 5.83. The van der Waals surface area contributed by atoms with Crippen LogP contribution < -0.4 is 10.6 Å². The molecule has 1 rings (SSSR count). The van der Waals surface area contributed by atoms with E-state index in [9.17, 15) is 9.59 Å². The van der Waals surface area contributed by atoms with Gasteiger partial charge in [0.25, 0.3) is 0 Å². The molecule has 110 valence electrons. The van der Waals surface area contributed by atoms with Crippen LogP contribution in [0.3, 0.4) is 0 Å². The van der Waals surface area contributed by atoms with Gasteiger partial charge in [-0.15, -0.1) is 0 Å². The summed E-state index contributed by atoms with van der Waals surface area (Å²) in [7, 11) is 0. The van der Waals surface area contributed by atoms with Crippen molar-refractivity contribution in [1.29, 1.82) is 0 Å². The van der Waals surface area contributed by atoms with E-state index in [1.54, 1.807) is 0 Å². The molecule has 1 fully saturated rings. The predicted molar refractivity (Wildman–Crippen MR) is 73.8 cm³/mol. The standard InChI is InChI=1S/C14H26N2O3/c1-4-10-5-6-15-11(8-10)13(17)16-12(14(18)19)7-9(2)3/h9-12,15H,4-8H2,1-3H3,(H,16,17)(H,18,19)/t10?,11?,12-/m0/s1. The Bertz CT molecular complexity index is 318. The lowest BCUT2D eigenvalue weighted by atomic mass is 9.90. The maximum Gasteiger partial charge on any atom is 0.326 e. The van der Waals surface area contributed by atoms with E-state index in [0.29, 0.717) is 12.3 Å². The van der Waals surface area contributed by atoms with Crippen LogP contribution in [-0.2, 0) is 9.59 Å². The van der Waals surface area contributed by atoms with Crippen LogP contribution >= 0.6 is 0 Å². The molecule has 1 amide bonds. The normalized spacial score (nSPS) is 25.1. The second-order valence-corrected chi connectivity index (χ2v) is 5.83. The SMILES string of the molecule is CCC1CCNC(C(=O)N[C@@H](CC(C)C)C(=O)O)C1. The molecule has 1 aliphatic heterocycles. The number of carboxylic acids is 1. The Morgan fingerprint density at radius 1 is 1.42 bits per heavy atom. The van der Waals surface area contributed by atoms with Crippen molar-refractivity contribution in [2.24, 2.45) is 11.8 Å². The van der Waals surface area contributed by atoms with E-state index in [4.69, 9.17) is 5.11 Å². The molecule has 1 heterocycles. The van der Waals surface area contributed by atoms with Gasteiger partial charge in [0.05, 0.1) is 6.04 Å². The van der Waals surface area contributed by atoms with Gasteiger partial charge in [-0.25, -0.2) is 4.79 Å². The molecule has 3 N–H and O–H groups in total. The molecule has 3 atom stereocenters. The number of carbonyl (C=O) groups is 2. The highest BCUT2D eigenvalue weighted by atomic mass is 16.4. The van der Waals surface area contributed by atoms with Crippen molar-refractivity contribution in [3.63, 3.8) is 0 Å². The number of hydrogen-bond acceptors (Lipinski definition) is 3. The fraction of sp³-hybridized carbons (Fsp3) is 0.857. The summed E-state index contributed by atoms with van der Waals surface area (Å²) < 4.78 is 0. The first-order chi connectivity index (χ1) is 8.93. The minimum atomic E-state index is -0.954. The number of piperidine rings is 1. The molecule has 2 unspecified atom stereocenters. The highest BCUT2D eigenvalue weighted by Gasteiger charge is 2.29. The van der Waals surface area contributed by atoms with Crippen molar-refractivity contribution in [2.45, 2.75) is 58.5 Å². The molecule has 5 nitrogen and oxygen atoms in total. The molecule has 0 aromatic rings. The van der Waals surface area contributed by atoms with Crippen LogP contribution in [0.15, 0.2) is 0 Å². The van der Waals surface area contributed by atoms with Gasteiger partial charge in [0.15, 0.2) is 0 Å². The van der Waals surface area contributed by atoms with Crippen molar-refractivity contribution in [3.05, 3.63) is 0 Å². The largest absolute Gasteiger partial charge is 0.480 e. The fourth-order valence-corrected chi connectivity index (χ4v) is 2.53.